The van der Waals surface area contributed by atoms with Crippen LogP contribution >= 0.6 is 0 Å². The Morgan fingerprint density at radius 1 is 0.551 bits per heavy atom. The maximum atomic E-state index is 7.72. The van der Waals surface area contributed by atoms with Gasteiger partial charge < -0.3 is 14.2 Å². The van der Waals surface area contributed by atoms with Crippen molar-refractivity contribution in [2.24, 2.45) is 0 Å². The SMILES string of the molecule is CCC(C)c1cc2c3c(c1)N(c1ccc4c(c1)C(C)(C)CCC4(C)C)c1c(oc4cc5c(cc14)C(C)(C)CCC5(C)C)B3c1cc(C(C)(C)C)ccc1N2c1cc2c(cc1C)C(C)(C)CCC2(C)C. The third kappa shape index (κ3) is 6.85. The lowest BCUT2D eigenvalue weighted by atomic mass is 9.35. The smallest absolute Gasteiger partial charge is 0.297 e. The molecular formula is C65H81BN2O. The van der Waals surface area contributed by atoms with Gasteiger partial charge in [-0.3, -0.25) is 0 Å². The minimum atomic E-state index is -0.104. The van der Waals surface area contributed by atoms with Gasteiger partial charge in [0.2, 0.25) is 0 Å². The number of aryl methyl sites for hydroxylation is 1. The summed E-state index contributed by atoms with van der Waals surface area (Å²) in [7, 11) is 0. The molecule has 3 nitrogen and oxygen atoms in total. The van der Waals surface area contributed by atoms with E-state index in [0.29, 0.717) is 5.92 Å². The van der Waals surface area contributed by atoms with Gasteiger partial charge in [-0.2, -0.15) is 0 Å². The molecule has 1 aromatic heterocycles. The first-order chi connectivity index (χ1) is 32.1. The van der Waals surface area contributed by atoms with Crippen molar-refractivity contribution in [3.63, 3.8) is 0 Å². The second kappa shape index (κ2) is 14.7. The van der Waals surface area contributed by atoms with Crippen molar-refractivity contribution < 1.29 is 4.42 Å². The van der Waals surface area contributed by atoms with Gasteiger partial charge >= 0.3 is 0 Å². The molecule has 0 saturated heterocycles. The van der Waals surface area contributed by atoms with Gasteiger partial charge in [-0.25, -0.2) is 0 Å². The van der Waals surface area contributed by atoms with E-state index in [1.165, 1.54) is 133 Å². The van der Waals surface area contributed by atoms with E-state index < -0.39 is 0 Å². The molecule has 4 heteroatoms. The second-order valence-electron chi connectivity index (χ2n) is 27.8. The van der Waals surface area contributed by atoms with Crippen molar-refractivity contribution in [3.05, 3.63) is 123 Å². The quantitative estimate of drug-likeness (QED) is 0.164. The van der Waals surface area contributed by atoms with Gasteiger partial charge in [0.1, 0.15) is 5.58 Å². The van der Waals surface area contributed by atoms with Gasteiger partial charge in [0.25, 0.3) is 6.71 Å². The Morgan fingerprint density at radius 2 is 1.06 bits per heavy atom. The van der Waals surface area contributed by atoms with Crippen LogP contribution in [0, 0.1) is 6.92 Å². The first-order valence-electron chi connectivity index (χ1n) is 26.9. The van der Waals surface area contributed by atoms with Crippen LogP contribution < -0.4 is 26.4 Å². The molecule has 5 aliphatic rings. The van der Waals surface area contributed by atoms with Crippen molar-refractivity contribution in [3.8, 4) is 0 Å². The van der Waals surface area contributed by atoms with Crippen LogP contribution in [0.5, 0.6) is 0 Å². The Balaban J connectivity index is 1.29. The molecule has 0 amide bonds. The zero-order valence-electron chi connectivity index (χ0n) is 45.8. The summed E-state index contributed by atoms with van der Waals surface area (Å²) in [5.41, 5.74) is 25.8. The number of anilines is 6. The van der Waals surface area contributed by atoms with E-state index in [2.05, 4.69) is 207 Å². The van der Waals surface area contributed by atoms with Crippen LogP contribution in [0.3, 0.4) is 0 Å². The Labute approximate surface area is 416 Å². The Morgan fingerprint density at radius 3 is 1.62 bits per heavy atom. The van der Waals surface area contributed by atoms with E-state index in [0.717, 1.165) is 24.1 Å². The minimum absolute atomic E-state index is 0.0436. The van der Waals surface area contributed by atoms with Crippen LogP contribution in [0.2, 0.25) is 0 Å². The number of hydrogen-bond donors (Lipinski definition) is 0. The maximum absolute atomic E-state index is 7.72. The van der Waals surface area contributed by atoms with Crippen molar-refractivity contribution in [1.29, 1.82) is 0 Å². The lowest BCUT2D eigenvalue weighted by Gasteiger charge is -2.46. The average molecular weight is 917 g/mol. The highest BCUT2D eigenvalue weighted by molar-refractivity contribution is 7.00. The number of hydrogen-bond acceptors (Lipinski definition) is 3. The van der Waals surface area contributed by atoms with E-state index in [1.807, 2.05) is 0 Å². The summed E-state index contributed by atoms with van der Waals surface area (Å²) >= 11 is 0. The summed E-state index contributed by atoms with van der Waals surface area (Å²) in [6.45, 7) is 43.7. The van der Waals surface area contributed by atoms with Crippen LogP contribution in [0.25, 0.3) is 11.0 Å². The first-order valence-corrected chi connectivity index (χ1v) is 26.9. The third-order valence-electron chi connectivity index (χ3n) is 19.2. The molecule has 0 spiro atoms. The van der Waals surface area contributed by atoms with Crippen LogP contribution in [0.15, 0.2) is 77.2 Å². The van der Waals surface area contributed by atoms with Crippen molar-refractivity contribution >= 4 is 68.4 Å². The summed E-state index contributed by atoms with van der Waals surface area (Å²) < 4.78 is 7.72. The summed E-state index contributed by atoms with van der Waals surface area (Å²) in [5.74, 6) is 0.364. The van der Waals surface area contributed by atoms with E-state index in [9.17, 15) is 0 Å². The molecule has 3 aliphatic carbocycles. The number of furan rings is 1. The molecule has 1 unspecified atom stereocenters. The largest absolute Gasteiger partial charge is 0.468 e. The molecule has 2 aliphatic heterocycles. The van der Waals surface area contributed by atoms with Crippen LogP contribution in [0.1, 0.15) is 219 Å². The van der Waals surface area contributed by atoms with Crippen LogP contribution in [-0.4, -0.2) is 6.71 Å². The number of rotatable bonds is 4. The summed E-state index contributed by atoms with van der Waals surface area (Å²) in [5, 5.41) is 1.24. The second-order valence-corrected chi connectivity index (χ2v) is 27.8. The molecule has 1 atom stereocenters. The monoisotopic (exact) mass is 917 g/mol. The normalized spacial score (nSPS) is 21.2. The molecule has 3 heterocycles. The first kappa shape index (κ1) is 46.7. The van der Waals surface area contributed by atoms with Gasteiger partial charge in [0, 0.05) is 33.8 Å². The zero-order chi connectivity index (χ0) is 49.5. The van der Waals surface area contributed by atoms with Gasteiger partial charge in [0.15, 0.2) is 0 Å². The van der Waals surface area contributed by atoms with Crippen LogP contribution in [0.4, 0.5) is 34.1 Å². The highest BCUT2D eigenvalue weighted by Gasteiger charge is 2.50. The molecule has 69 heavy (non-hydrogen) atoms. The highest BCUT2D eigenvalue weighted by Crippen LogP contribution is 2.55. The molecule has 0 N–H and O–H groups in total. The number of benzene rings is 5. The summed E-state index contributed by atoms with van der Waals surface area (Å²) in [6.07, 6.45) is 8.14. The molecule has 0 radical (unpaired) electrons. The average Bonchev–Trinajstić information content (AvgIpc) is 3.65. The Bertz CT molecular complexity index is 3140. The fourth-order valence-corrected chi connectivity index (χ4v) is 13.7. The lowest BCUT2D eigenvalue weighted by molar-refractivity contribution is 0.332. The van der Waals surface area contributed by atoms with Gasteiger partial charge in [-0.1, -0.05) is 142 Å². The lowest BCUT2D eigenvalue weighted by Crippen LogP contribution is -2.61. The fraction of sp³-hybridized carbons (Fsp3) is 0.508. The highest BCUT2D eigenvalue weighted by atomic mass is 16.3. The Hall–Kier alpha value is -4.70. The van der Waals surface area contributed by atoms with E-state index in [1.54, 1.807) is 0 Å². The topological polar surface area (TPSA) is 19.6 Å². The van der Waals surface area contributed by atoms with E-state index in [4.69, 9.17) is 4.42 Å². The van der Waals surface area contributed by atoms with Gasteiger partial charge in [0.05, 0.1) is 11.3 Å². The number of nitrogens with zero attached hydrogens (tertiary/aromatic N) is 2. The molecule has 11 rings (SSSR count). The zero-order valence-corrected chi connectivity index (χ0v) is 45.8. The molecule has 0 fully saturated rings. The minimum Gasteiger partial charge on any atom is -0.468 e. The van der Waals surface area contributed by atoms with Crippen molar-refractivity contribution in [2.75, 3.05) is 9.80 Å². The molecule has 5 aromatic carbocycles. The van der Waals surface area contributed by atoms with Gasteiger partial charge in [-0.15, -0.1) is 0 Å². The fourth-order valence-electron chi connectivity index (χ4n) is 13.7. The molecule has 0 saturated carbocycles. The maximum Gasteiger partial charge on any atom is 0.297 e. The number of fused-ring (bicyclic) bond motifs is 9. The molecule has 0 bridgehead atoms. The van der Waals surface area contributed by atoms with Crippen LogP contribution in [-0.2, 0) is 37.9 Å². The van der Waals surface area contributed by atoms with Crippen molar-refractivity contribution in [1.82, 2.24) is 0 Å². The summed E-state index contributed by atoms with van der Waals surface area (Å²) in [4.78, 5) is 5.39. The molecule has 360 valence electrons. The van der Waals surface area contributed by atoms with Gasteiger partial charge in [-0.05, 0) is 205 Å². The standard InChI is InChI=1S/C65H81BN2O/c1-19-38(2)40-31-53-56-54(32-40)68(52-36-48-45(30-39(52)3)61(9,10)26-28-64(48,15)16)51-23-20-41(59(4,5)6)33-50(51)66(56)58-57(43-35-47-49(37-55(43)69-58)65(17,18)29-27-63(47,13)14)67(53)42-21-22-44-46(34-42)62(11,12)25-24-60(44,7)8/h20-23,30-38H,19,24-29H2,1-18H3. The summed E-state index contributed by atoms with van der Waals surface area (Å²) in [6, 6.07) is 30.4. The predicted octanol–water partition coefficient (Wildman–Crippen LogP) is 16.7. The van der Waals surface area contributed by atoms with Crippen molar-refractivity contribution in [2.45, 2.75) is 213 Å². The third-order valence-corrected chi connectivity index (χ3v) is 19.2. The molecule has 6 aromatic rings. The Kier molecular flexibility index (Phi) is 9.94. The van der Waals surface area contributed by atoms with E-state index in [-0.39, 0.29) is 44.6 Å². The van der Waals surface area contributed by atoms with E-state index >= 15 is 0 Å². The molecular weight excluding hydrogens is 836 g/mol. The predicted molar refractivity (Wildman–Crippen MR) is 298 cm³/mol.